The first kappa shape index (κ1) is 19.1. The summed E-state index contributed by atoms with van der Waals surface area (Å²) in [5, 5.41) is 0.379. The number of hydrogen-bond donors (Lipinski definition) is 0. The van der Waals surface area contributed by atoms with Crippen LogP contribution in [-0.4, -0.2) is 37.5 Å². The first-order valence-corrected chi connectivity index (χ1v) is 8.16. The molecule has 0 aromatic heterocycles. The van der Waals surface area contributed by atoms with E-state index in [1.165, 1.54) is 24.1 Å². The fraction of sp³-hybridized carbons (Fsp3) is 0.222. The molecule has 0 unspecified atom stereocenters. The van der Waals surface area contributed by atoms with Gasteiger partial charge in [0.05, 0.1) is 22.7 Å². The summed E-state index contributed by atoms with van der Waals surface area (Å²) in [6.45, 7) is 0.0564. The van der Waals surface area contributed by atoms with Crippen molar-refractivity contribution in [2.45, 2.75) is 6.54 Å². The normalized spacial score (nSPS) is 10.2. The van der Waals surface area contributed by atoms with Crippen molar-refractivity contribution in [2.24, 2.45) is 0 Å². The molecule has 25 heavy (non-hydrogen) atoms. The van der Waals surface area contributed by atoms with Gasteiger partial charge in [-0.3, -0.25) is 4.79 Å². The summed E-state index contributed by atoms with van der Waals surface area (Å²) < 4.78 is 10.1. The van der Waals surface area contributed by atoms with Gasteiger partial charge in [-0.1, -0.05) is 53.5 Å². The Balaban J connectivity index is 1.94. The number of methoxy groups -OCH3 is 1. The van der Waals surface area contributed by atoms with E-state index in [-0.39, 0.29) is 33.9 Å². The molecule has 7 heteroatoms. The molecule has 0 saturated carbocycles. The quantitative estimate of drug-likeness (QED) is 0.713. The number of hydrogen-bond acceptors (Lipinski definition) is 4. The Bertz CT molecular complexity index is 742. The van der Waals surface area contributed by atoms with Crippen molar-refractivity contribution >= 4 is 35.1 Å². The van der Waals surface area contributed by atoms with Crippen LogP contribution in [0, 0.1) is 0 Å². The van der Waals surface area contributed by atoms with Gasteiger partial charge in [-0.15, -0.1) is 0 Å². The largest absolute Gasteiger partial charge is 0.494 e. The van der Waals surface area contributed by atoms with Crippen LogP contribution in [0.4, 0.5) is 0 Å². The molecule has 0 spiro atoms. The number of likely N-dealkylation sites (N-methyl/N-ethyl adjacent to an activating group) is 1. The maximum absolute atomic E-state index is 12.1. The lowest BCUT2D eigenvalue weighted by Gasteiger charge is -2.17. The van der Waals surface area contributed by atoms with Gasteiger partial charge >= 0.3 is 5.97 Å². The molecule has 0 saturated heterocycles. The lowest BCUT2D eigenvalue weighted by molar-refractivity contribution is -0.133. The summed E-state index contributed by atoms with van der Waals surface area (Å²) in [5.41, 5.74) is 1.13. The van der Waals surface area contributed by atoms with Gasteiger partial charge in [0.15, 0.2) is 12.4 Å². The van der Waals surface area contributed by atoms with E-state index >= 15 is 0 Å². The Hall–Kier alpha value is -2.24. The Morgan fingerprint density at radius 2 is 1.68 bits per heavy atom. The maximum atomic E-state index is 12.1. The van der Waals surface area contributed by atoms with E-state index in [9.17, 15) is 9.59 Å². The summed E-state index contributed by atoms with van der Waals surface area (Å²) in [6.07, 6.45) is 0. The average molecular weight is 382 g/mol. The van der Waals surface area contributed by atoms with Crippen molar-refractivity contribution in [1.29, 1.82) is 0 Å². The fourth-order valence-corrected chi connectivity index (χ4v) is 2.78. The minimum atomic E-state index is -0.687. The van der Waals surface area contributed by atoms with Gasteiger partial charge < -0.3 is 14.4 Å². The first-order valence-electron chi connectivity index (χ1n) is 7.40. The molecule has 0 bridgehead atoms. The van der Waals surface area contributed by atoms with E-state index in [1.54, 1.807) is 7.05 Å². The van der Waals surface area contributed by atoms with Crippen LogP contribution in [-0.2, 0) is 16.1 Å². The smallest absolute Gasteiger partial charge is 0.338 e. The lowest BCUT2D eigenvalue weighted by atomic mass is 10.2. The van der Waals surface area contributed by atoms with Crippen LogP contribution in [0.3, 0.4) is 0 Å². The predicted molar refractivity (Wildman–Crippen MR) is 96.2 cm³/mol. The highest BCUT2D eigenvalue weighted by Gasteiger charge is 2.17. The van der Waals surface area contributed by atoms with Crippen molar-refractivity contribution in [1.82, 2.24) is 4.90 Å². The SMILES string of the molecule is COc1c(Cl)cc(C(=O)OCC(=O)N(C)Cc2ccccc2)cc1Cl. The van der Waals surface area contributed by atoms with Crippen LogP contribution in [0.15, 0.2) is 42.5 Å². The third kappa shape index (κ3) is 5.11. The maximum Gasteiger partial charge on any atom is 0.338 e. The number of ether oxygens (including phenoxy) is 2. The molecule has 0 aliphatic rings. The number of carbonyl (C=O) groups is 2. The van der Waals surface area contributed by atoms with Crippen molar-refractivity contribution in [2.75, 3.05) is 20.8 Å². The first-order chi connectivity index (χ1) is 11.9. The second kappa shape index (κ2) is 8.74. The number of rotatable bonds is 6. The van der Waals surface area contributed by atoms with Crippen molar-refractivity contribution in [3.8, 4) is 5.75 Å². The van der Waals surface area contributed by atoms with Crippen molar-refractivity contribution in [3.63, 3.8) is 0 Å². The third-order valence-electron chi connectivity index (χ3n) is 3.45. The lowest BCUT2D eigenvalue weighted by Crippen LogP contribution is -2.30. The number of amides is 1. The summed E-state index contributed by atoms with van der Waals surface area (Å²) in [5.74, 6) is -0.727. The standard InChI is InChI=1S/C18H17Cl2NO4/c1-21(10-12-6-4-3-5-7-12)16(22)11-25-18(23)13-8-14(19)17(24-2)15(20)9-13/h3-9H,10-11H2,1-2H3. The second-order valence-electron chi connectivity index (χ2n) is 5.28. The molecule has 2 aromatic rings. The van der Waals surface area contributed by atoms with Crippen LogP contribution in [0.1, 0.15) is 15.9 Å². The monoisotopic (exact) mass is 381 g/mol. The zero-order chi connectivity index (χ0) is 18.4. The third-order valence-corrected chi connectivity index (χ3v) is 4.01. The summed E-state index contributed by atoms with van der Waals surface area (Å²) in [6, 6.07) is 12.3. The van der Waals surface area contributed by atoms with E-state index in [0.717, 1.165) is 5.56 Å². The number of nitrogens with zero attached hydrogens (tertiary/aromatic N) is 1. The molecule has 5 nitrogen and oxygen atoms in total. The zero-order valence-electron chi connectivity index (χ0n) is 13.8. The Kier molecular flexibility index (Phi) is 6.67. The highest BCUT2D eigenvalue weighted by Crippen LogP contribution is 2.33. The van der Waals surface area contributed by atoms with Crippen molar-refractivity contribution in [3.05, 3.63) is 63.6 Å². The molecular weight excluding hydrogens is 365 g/mol. The van der Waals surface area contributed by atoms with E-state index in [1.807, 2.05) is 30.3 Å². The molecule has 2 aromatic carbocycles. The molecule has 0 aliphatic carbocycles. The molecule has 0 atom stereocenters. The fourth-order valence-electron chi connectivity index (χ4n) is 2.14. The van der Waals surface area contributed by atoms with Crippen LogP contribution in [0.25, 0.3) is 0 Å². The van der Waals surface area contributed by atoms with Gasteiger partial charge in [-0.05, 0) is 17.7 Å². The Labute approximate surface area is 156 Å². The molecule has 0 aliphatic heterocycles. The van der Waals surface area contributed by atoms with Gasteiger partial charge in [0.2, 0.25) is 0 Å². The molecule has 2 rings (SSSR count). The molecule has 0 fully saturated rings. The van der Waals surface area contributed by atoms with E-state index in [0.29, 0.717) is 6.54 Å². The molecular formula is C18H17Cl2NO4. The topological polar surface area (TPSA) is 55.8 Å². The summed E-state index contributed by atoms with van der Waals surface area (Å²) >= 11 is 12.0. The number of esters is 1. The van der Waals surface area contributed by atoms with Crippen LogP contribution in [0.5, 0.6) is 5.75 Å². The van der Waals surface area contributed by atoms with E-state index < -0.39 is 5.97 Å². The number of benzene rings is 2. The van der Waals surface area contributed by atoms with Gasteiger partial charge in [0.1, 0.15) is 0 Å². The molecule has 0 N–H and O–H groups in total. The van der Waals surface area contributed by atoms with Crippen LogP contribution >= 0.6 is 23.2 Å². The highest BCUT2D eigenvalue weighted by molar-refractivity contribution is 6.37. The molecule has 1 amide bonds. The summed E-state index contributed by atoms with van der Waals surface area (Å²) in [7, 11) is 3.07. The molecule has 0 radical (unpaired) electrons. The van der Waals surface area contributed by atoms with Crippen LogP contribution in [0.2, 0.25) is 10.0 Å². The number of carbonyl (C=O) groups excluding carboxylic acids is 2. The Morgan fingerprint density at radius 1 is 1.08 bits per heavy atom. The summed E-state index contributed by atoms with van der Waals surface area (Å²) in [4.78, 5) is 25.7. The minimum Gasteiger partial charge on any atom is -0.494 e. The highest BCUT2D eigenvalue weighted by atomic mass is 35.5. The van der Waals surface area contributed by atoms with E-state index in [4.69, 9.17) is 32.7 Å². The number of halogens is 2. The molecule has 132 valence electrons. The predicted octanol–water partition coefficient (Wildman–Crippen LogP) is 3.82. The Morgan fingerprint density at radius 3 is 2.24 bits per heavy atom. The molecule has 0 heterocycles. The van der Waals surface area contributed by atoms with E-state index in [2.05, 4.69) is 0 Å². The minimum absolute atomic E-state index is 0.148. The zero-order valence-corrected chi connectivity index (χ0v) is 15.3. The second-order valence-corrected chi connectivity index (χ2v) is 6.10. The van der Waals surface area contributed by atoms with Gasteiger partial charge in [0.25, 0.3) is 5.91 Å². The van der Waals surface area contributed by atoms with Crippen molar-refractivity contribution < 1.29 is 19.1 Å². The van der Waals surface area contributed by atoms with Crippen LogP contribution < -0.4 is 4.74 Å². The van der Waals surface area contributed by atoms with Gasteiger partial charge in [-0.2, -0.15) is 0 Å². The average Bonchev–Trinajstić information content (AvgIpc) is 2.59. The van der Waals surface area contributed by atoms with Gasteiger partial charge in [0, 0.05) is 13.6 Å². The van der Waals surface area contributed by atoms with Gasteiger partial charge in [-0.25, -0.2) is 4.79 Å².